The molecule has 1 N–H and O–H groups in total. The Morgan fingerprint density at radius 1 is 1.30 bits per heavy atom. The highest BCUT2D eigenvalue weighted by molar-refractivity contribution is 5.11. The second-order valence-electron chi connectivity index (χ2n) is 4.67. The maximum Gasteiger partial charge on any atom is 0.0207 e. The van der Waals surface area contributed by atoms with Crippen molar-refractivity contribution in [2.75, 3.05) is 6.54 Å². The molecule has 2 rings (SSSR count). The Morgan fingerprint density at radius 3 is 2.10 bits per heavy atom. The lowest BCUT2D eigenvalue weighted by Crippen LogP contribution is -2.44. The third kappa shape index (κ3) is 0.531. The van der Waals surface area contributed by atoms with Gasteiger partial charge in [-0.3, -0.25) is 0 Å². The Morgan fingerprint density at radius 2 is 2.00 bits per heavy atom. The molecule has 10 heavy (non-hydrogen) atoms. The van der Waals surface area contributed by atoms with E-state index in [1.807, 2.05) is 0 Å². The summed E-state index contributed by atoms with van der Waals surface area (Å²) in [6, 6.07) is 0. The fourth-order valence-corrected chi connectivity index (χ4v) is 2.62. The number of nitrogens with one attached hydrogen (secondary N) is 1. The molecule has 0 radical (unpaired) electrons. The number of hydrogen-bond donors (Lipinski definition) is 1. The molecule has 2 fully saturated rings. The Labute approximate surface area is 63.2 Å². The van der Waals surface area contributed by atoms with Crippen molar-refractivity contribution in [3.8, 4) is 0 Å². The zero-order valence-corrected chi connectivity index (χ0v) is 7.20. The van der Waals surface area contributed by atoms with E-state index in [9.17, 15) is 0 Å². The van der Waals surface area contributed by atoms with E-state index in [1.165, 1.54) is 19.4 Å². The van der Waals surface area contributed by atoms with Gasteiger partial charge in [0.05, 0.1) is 0 Å². The molecule has 1 heterocycles. The van der Waals surface area contributed by atoms with Crippen molar-refractivity contribution in [3.63, 3.8) is 0 Å². The highest BCUT2D eigenvalue weighted by Crippen LogP contribution is 2.53. The smallest absolute Gasteiger partial charge is 0.0207 e. The van der Waals surface area contributed by atoms with Gasteiger partial charge in [0.1, 0.15) is 0 Å². The molecule has 1 saturated carbocycles. The van der Waals surface area contributed by atoms with Gasteiger partial charge in [-0.25, -0.2) is 0 Å². The lowest BCUT2D eigenvalue weighted by molar-refractivity contribution is 0.218. The fourth-order valence-electron chi connectivity index (χ4n) is 2.62. The van der Waals surface area contributed by atoms with Crippen LogP contribution in [-0.2, 0) is 0 Å². The molecule has 1 heteroatoms. The normalized spacial score (nSPS) is 50.1. The number of fused-ring (bicyclic) bond motifs is 2. The quantitative estimate of drug-likeness (QED) is 0.539. The molecule has 2 bridgehead atoms. The van der Waals surface area contributed by atoms with Crippen molar-refractivity contribution in [1.29, 1.82) is 0 Å². The molecule has 0 amide bonds. The van der Waals surface area contributed by atoms with E-state index >= 15 is 0 Å². The van der Waals surface area contributed by atoms with Crippen LogP contribution >= 0.6 is 0 Å². The van der Waals surface area contributed by atoms with Gasteiger partial charge in [-0.1, -0.05) is 13.8 Å². The summed E-state index contributed by atoms with van der Waals surface area (Å²) in [5.74, 6) is 0.942. The molecule has 0 spiro atoms. The van der Waals surface area contributed by atoms with E-state index in [-0.39, 0.29) is 0 Å². The summed E-state index contributed by atoms with van der Waals surface area (Å²) in [4.78, 5) is 0. The minimum absolute atomic E-state index is 0.456. The van der Waals surface area contributed by atoms with E-state index in [1.54, 1.807) is 0 Å². The molecular weight excluding hydrogens is 122 g/mol. The number of piperidine rings is 1. The lowest BCUT2D eigenvalue weighted by Gasteiger charge is -2.34. The SMILES string of the molecule is CC12CCC(CN1)C2(C)C. The summed E-state index contributed by atoms with van der Waals surface area (Å²) >= 11 is 0. The first kappa shape index (κ1) is 6.66. The predicted octanol–water partition coefficient (Wildman–Crippen LogP) is 1.78. The molecule has 0 aromatic rings. The maximum atomic E-state index is 3.62. The van der Waals surface area contributed by atoms with Crippen LogP contribution in [0, 0.1) is 11.3 Å². The summed E-state index contributed by atoms with van der Waals surface area (Å²) in [7, 11) is 0. The summed E-state index contributed by atoms with van der Waals surface area (Å²) in [6.07, 6.45) is 2.82. The van der Waals surface area contributed by atoms with Crippen LogP contribution < -0.4 is 5.32 Å². The van der Waals surface area contributed by atoms with Gasteiger partial charge in [-0.2, -0.15) is 0 Å². The van der Waals surface area contributed by atoms with Crippen molar-refractivity contribution in [1.82, 2.24) is 5.32 Å². The van der Waals surface area contributed by atoms with Crippen molar-refractivity contribution in [2.24, 2.45) is 11.3 Å². The largest absolute Gasteiger partial charge is 0.311 e. The van der Waals surface area contributed by atoms with Crippen molar-refractivity contribution >= 4 is 0 Å². The van der Waals surface area contributed by atoms with Gasteiger partial charge in [0, 0.05) is 5.54 Å². The van der Waals surface area contributed by atoms with Crippen LogP contribution in [0.3, 0.4) is 0 Å². The van der Waals surface area contributed by atoms with Crippen LogP contribution in [0.2, 0.25) is 0 Å². The molecule has 1 nitrogen and oxygen atoms in total. The summed E-state index contributed by atoms with van der Waals surface area (Å²) < 4.78 is 0. The minimum atomic E-state index is 0.456. The number of rotatable bonds is 0. The maximum absolute atomic E-state index is 3.62. The van der Waals surface area contributed by atoms with Crippen LogP contribution in [-0.4, -0.2) is 12.1 Å². The van der Waals surface area contributed by atoms with Crippen LogP contribution in [0.1, 0.15) is 33.6 Å². The topological polar surface area (TPSA) is 12.0 Å². The van der Waals surface area contributed by atoms with Gasteiger partial charge >= 0.3 is 0 Å². The molecule has 2 atom stereocenters. The molecule has 0 aromatic heterocycles. The lowest BCUT2D eigenvalue weighted by atomic mass is 9.75. The second kappa shape index (κ2) is 1.58. The first-order chi connectivity index (χ1) is 4.56. The molecule has 58 valence electrons. The Bertz CT molecular complexity index is 149. The highest BCUT2D eigenvalue weighted by Gasteiger charge is 2.55. The van der Waals surface area contributed by atoms with Gasteiger partial charge in [-0.05, 0) is 37.6 Å². The van der Waals surface area contributed by atoms with E-state index < -0.39 is 0 Å². The van der Waals surface area contributed by atoms with Gasteiger partial charge in [-0.15, -0.1) is 0 Å². The van der Waals surface area contributed by atoms with Crippen LogP contribution in [0.5, 0.6) is 0 Å². The Kier molecular flexibility index (Phi) is 1.05. The van der Waals surface area contributed by atoms with E-state index in [0.717, 1.165) is 5.92 Å². The zero-order chi connectivity index (χ0) is 7.41. The first-order valence-corrected chi connectivity index (χ1v) is 4.31. The third-order valence-corrected chi connectivity index (χ3v) is 4.17. The summed E-state index contributed by atoms with van der Waals surface area (Å²) in [5.41, 5.74) is 1.00. The van der Waals surface area contributed by atoms with Crippen LogP contribution in [0.25, 0.3) is 0 Å². The molecule has 0 aromatic carbocycles. The highest BCUT2D eigenvalue weighted by atomic mass is 15.1. The second-order valence-corrected chi connectivity index (χ2v) is 4.67. The summed E-state index contributed by atoms with van der Waals surface area (Å²) in [6.45, 7) is 8.44. The average molecular weight is 139 g/mol. The van der Waals surface area contributed by atoms with Crippen molar-refractivity contribution in [2.45, 2.75) is 39.2 Å². The fraction of sp³-hybridized carbons (Fsp3) is 1.00. The summed E-state index contributed by atoms with van der Waals surface area (Å²) in [5, 5.41) is 3.62. The van der Waals surface area contributed by atoms with E-state index in [4.69, 9.17) is 0 Å². The van der Waals surface area contributed by atoms with Crippen LogP contribution in [0.4, 0.5) is 0 Å². The average Bonchev–Trinajstić information content (AvgIpc) is 2.18. The van der Waals surface area contributed by atoms with E-state index in [2.05, 4.69) is 26.1 Å². The van der Waals surface area contributed by atoms with Gasteiger partial charge in [0.15, 0.2) is 0 Å². The zero-order valence-electron chi connectivity index (χ0n) is 7.20. The van der Waals surface area contributed by atoms with Crippen molar-refractivity contribution < 1.29 is 0 Å². The Hall–Kier alpha value is -0.0400. The first-order valence-electron chi connectivity index (χ1n) is 4.31. The van der Waals surface area contributed by atoms with Gasteiger partial charge < -0.3 is 5.32 Å². The number of hydrogen-bond acceptors (Lipinski definition) is 1. The molecular formula is C9H17N. The standard InChI is InChI=1S/C9H17N/c1-8(2)7-4-5-9(8,3)10-6-7/h7,10H,4-6H2,1-3H3. The molecule has 1 saturated heterocycles. The molecule has 2 unspecified atom stereocenters. The Balaban J connectivity index is 2.37. The van der Waals surface area contributed by atoms with Gasteiger partial charge in [0.2, 0.25) is 0 Å². The molecule has 1 aliphatic carbocycles. The van der Waals surface area contributed by atoms with Gasteiger partial charge in [0.25, 0.3) is 0 Å². The van der Waals surface area contributed by atoms with Crippen LogP contribution in [0.15, 0.2) is 0 Å². The minimum Gasteiger partial charge on any atom is -0.311 e. The third-order valence-electron chi connectivity index (χ3n) is 4.17. The monoisotopic (exact) mass is 139 g/mol. The molecule has 1 aliphatic heterocycles. The molecule has 2 aliphatic rings. The predicted molar refractivity (Wildman–Crippen MR) is 42.9 cm³/mol. The van der Waals surface area contributed by atoms with E-state index in [0.29, 0.717) is 11.0 Å². The van der Waals surface area contributed by atoms with Crippen molar-refractivity contribution in [3.05, 3.63) is 0 Å².